The standard InChI is InChI=1S/C18H31N5O4/c1-11(2)15(23-18(27)19-4)17(26)22-13-7-5-6-10-20-14(24)9-8-12(3)21-16(13)25/h8-9,11-13,15H,5-7,10H2,1-4H3,(H,20,24)(H,21,25)(H,22,26)(H2,19,23,27)/b9-8+/t12-,13-,15?/m0/s1. The SMILES string of the molecule is CNC(=O)NC(C(=O)N[C@H]1CCCCNC(=O)/C=C/[C@H](C)NC1=O)C(C)C. The van der Waals surface area contributed by atoms with Gasteiger partial charge in [0.2, 0.25) is 17.7 Å². The third-order valence-electron chi connectivity index (χ3n) is 4.22. The maximum Gasteiger partial charge on any atom is 0.315 e. The van der Waals surface area contributed by atoms with Crippen molar-refractivity contribution in [2.75, 3.05) is 13.6 Å². The fourth-order valence-corrected chi connectivity index (χ4v) is 2.63. The minimum absolute atomic E-state index is 0.145. The van der Waals surface area contributed by atoms with E-state index >= 15 is 0 Å². The van der Waals surface area contributed by atoms with Gasteiger partial charge in [-0.3, -0.25) is 14.4 Å². The van der Waals surface area contributed by atoms with Crippen LogP contribution in [0.1, 0.15) is 40.0 Å². The van der Waals surface area contributed by atoms with Gasteiger partial charge in [-0.1, -0.05) is 19.9 Å². The second-order valence-corrected chi connectivity index (χ2v) is 6.95. The smallest absolute Gasteiger partial charge is 0.315 e. The summed E-state index contributed by atoms with van der Waals surface area (Å²) in [5, 5.41) is 13.3. The number of hydrogen-bond acceptors (Lipinski definition) is 4. The molecule has 9 nitrogen and oxygen atoms in total. The molecule has 1 rings (SSSR count). The molecule has 0 radical (unpaired) electrons. The molecule has 0 fully saturated rings. The van der Waals surface area contributed by atoms with E-state index in [1.807, 2.05) is 13.8 Å². The lowest BCUT2D eigenvalue weighted by Gasteiger charge is -2.26. The lowest BCUT2D eigenvalue weighted by molar-refractivity contribution is -0.130. The third-order valence-corrected chi connectivity index (χ3v) is 4.22. The average Bonchev–Trinajstić information content (AvgIpc) is 2.61. The molecule has 5 N–H and O–H groups in total. The highest BCUT2D eigenvalue weighted by Crippen LogP contribution is 2.07. The first-order valence-corrected chi connectivity index (χ1v) is 9.29. The van der Waals surface area contributed by atoms with Gasteiger partial charge in [-0.05, 0) is 32.1 Å². The van der Waals surface area contributed by atoms with Gasteiger partial charge < -0.3 is 26.6 Å². The normalized spacial score (nSPS) is 23.7. The van der Waals surface area contributed by atoms with Gasteiger partial charge in [0.25, 0.3) is 0 Å². The van der Waals surface area contributed by atoms with Crippen LogP contribution in [0.5, 0.6) is 0 Å². The van der Waals surface area contributed by atoms with Crippen molar-refractivity contribution in [3.8, 4) is 0 Å². The van der Waals surface area contributed by atoms with Crippen LogP contribution in [0.15, 0.2) is 12.2 Å². The molecule has 1 aliphatic heterocycles. The lowest BCUT2D eigenvalue weighted by Crippen LogP contribution is -2.57. The Balaban J connectivity index is 2.84. The summed E-state index contributed by atoms with van der Waals surface area (Å²) < 4.78 is 0. The Morgan fingerprint density at radius 1 is 1.22 bits per heavy atom. The van der Waals surface area contributed by atoms with Gasteiger partial charge in [0.15, 0.2) is 0 Å². The van der Waals surface area contributed by atoms with Crippen molar-refractivity contribution in [3.05, 3.63) is 12.2 Å². The van der Waals surface area contributed by atoms with E-state index in [9.17, 15) is 19.2 Å². The molecule has 0 saturated heterocycles. The highest BCUT2D eigenvalue weighted by molar-refractivity contribution is 5.92. The Morgan fingerprint density at radius 3 is 2.56 bits per heavy atom. The Kier molecular flexibility index (Phi) is 9.32. The molecule has 0 aliphatic carbocycles. The first kappa shape index (κ1) is 22.5. The maximum absolute atomic E-state index is 12.6. The highest BCUT2D eigenvalue weighted by atomic mass is 16.2. The van der Waals surface area contributed by atoms with Crippen LogP contribution in [-0.4, -0.2) is 55.5 Å². The van der Waals surface area contributed by atoms with E-state index in [1.54, 1.807) is 13.0 Å². The second kappa shape index (κ2) is 11.2. The molecule has 0 bridgehead atoms. The number of hydrogen-bond donors (Lipinski definition) is 5. The van der Waals surface area contributed by atoms with Crippen molar-refractivity contribution >= 4 is 23.8 Å². The maximum atomic E-state index is 12.6. The Morgan fingerprint density at radius 2 is 1.93 bits per heavy atom. The molecule has 1 unspecified atom stereocenters. The van der Waals surface area contributed by atoms with Gasteiger partial charge in [0.1, 0.15) is 12.1 Å². The largest absolute Gasteiger partial charge is 0.353 e. The Hall–Kier alpha value is -2.58. The summed E-state index contributed by atoms with van der Waals surface area (Å²) >= 11 is 0. The van der Waals surface area contributed by atoms with Crippen LogP contribution in [0.2, 0.25) is 0 Å². The third kappa shape index (κ3) is 8.10. The Bertz CT molecular complexity index is 576. The van der Waals surface area contributed by atoms with E-state index in [0.29, 0.717) is 25.8 Å². The van der Waals surface area contributed by atoms with Gasteiger partial charge in [0, 0.05) is 25.7 Å². The minimum Gasteiger partial charge on any atom is -0.353 e. The van der Waals surface area contributed by atoms with Gasteiger partial charge in [0.05, 0.1) is 0 Å². The molecule has 152 valence electrons. The van der Waals surface area contributed by atoms with Crippen molar-refractivity contribution < 1.29 is 19.2 Å². The zero-order valence-electron chi connectivity index (χ0n) is 16.4. The van der Waals surface area contributed by atoms with Gasteiger partial charge >= 0.3 is 6.03 Å². The van der Waals surface area contributed by atoms with Crippen LogP contribution in [0, 0.1) is 5.92 Å². The predicted molar refractivity (Wildman–Crippen MR) is 102 cm³/mol. The van der Waals surface area contributed by atoms with E-state index < -0.39 is 24.0 Å². The molecular formula is C18H31N5O4. The molecule has 0 aromatic rings. The molecule has 0 aromatic carbocycles. The van der Waals surface area contributed by atoms with Gasteiger partial charge in [-0.25, -0.2) is 4.79 Å². The first-order chi connectivity index (χ1) is 12.7. The van der Waals surface area contributed by atoms with Crippen molar-refractivity contribution in [2.24, 2.45) is 5.92 Å². The van der Waals surface area contributed by atoms with Crippen molar-refractivity contribution in [1.82, 2.24) is 26.6 Å². The average molecular weight is 381 g/mol. The number of carbonyl (C=O) groups excluding carboxylic acids is 4. The van der Waals surface area contributed by atoms with Crippen molar-refractivity contribution in [3.63, 3.8) is 0 Å². The van der Waals surface area contributed by atoms with E-state index in [4.69, 9.17) is 0 Å². The fraction of sp³-hybridized carbons (Fsp3) is 0.667. The molecule has 0 saturated carbocycles. The molecule has 1 aliphatic rings. The summed E-state index contributed by atoms with van der Waals surface area (Å²) in [6.07, 6.45) is 4.78. The first-order valence-electron chi connectivity index (χ1n) is 9.29. The van der Waals surface area contributed by atoms with Crippen molar-refractivity contribution in [1.29, 1.82) is 0 Å². The molecule has 1 heterocycles. The van der Waals surface area contributed by atoms with Crippen LogP contribution in [0.25, 0.3) is 0 Å². The monoisotopic (exact) mass is 381 g/mol. The molecular weight excluding hydrogens is 350 g/mol. The zero-order valence-corrected chi connectivity index (χ0v) is 16.4. The summed E-state index contributed by atoms with van der Waals surface area (Å²) in [4.78, 5) is 48.4. The number of nitrogens with one attached hydrogen (secondary N) is 5. The minimum atomic E-state index is -0.754. The number of amides is 5. The summed E-state index contributed by atoms with van der Waals surface area (Å²) in [6.45, 7) is 5.89. The topological polar surface area (TPSA) is 128 Å². The van der Waals surface area contributed by atoms with E-state index in [1.165, 1.54) is 13.1 Å². The Labute approximate surface area is 160 Å². The van der Waals surface area contributed by atoms with E-state index in [-0.39, 0.29) is 23.8 Å². The second-order valence-electron chi connectivity index (χ2n) is 6.95. The lowest BCUT2D eigenvalue weighted by atomic mass is 10.0. The molecule has 27 heavy (non-hydrogen) atoms. The van der Waals surface area contributed by atoms with E-state index in [0.717, 1.165) is 0 Å². The summed E-state index contributed by atoms with van der Waals surface area (Å²) in [5.74, 6) is -1.06. The van der Waals surface area contributed by atoms with Gasteiger partial charge in [-0.2, -0.15) is 0 Å². The van der Waals surface area contributed by atoms with Crippen LogP contribution >= 0.6 is 0 Å². The van der Waals surface area contributed by atoms with Crippen molar-refractivity contribution in [2.45, 2.75) is 58.2 Å². The van der Waals surface area contributed by atoms with E-state index in [2.05, 4.69) is 26.6 Å². The quantitative estimate of drug-likeness (QED) is 0.461. The number of urea groups is 1. The predicted octanol–water partition coefficient (Wildman–Crippen LogP) is -0.214. The summed E-state index contributed by atoms with van der Waals surface area (Å²) in [6, 6.07) is -2.28. The molecule has 0 spiro atoms. The highest BCUT2D eigenvalue weighted by Gasteiger charge is 2.28. The van der Waals surface area contributed by atoms with Crippen LogP contribution in [0.4, 0.5) is 4.79 Å². The summed E-state index contributed by atoms with van der Waals surface area (Å²) in [5.41, 5.74) is 0. The fourth-order valence-electron chi connectivity index (χ4n) is 2.63. The van der Waals surface area contributed by atoms with Crippen LogP contribution < -0.4 is 26.6 Å². The summed E-state index contributed by atoms with van der Waals surface area (Å²) in [7, 11) is 1.47. The van der Waals surface area contributed by atoms with Crippen LogP contribution in [-0.2, 0) is 14.4 Å². The molecule has 9 heteroatoms. The zero-order chi connectivity index (χ0) is 20.4. The number of carbonyl (C=O) groups is 4. The molecule has 5 amide bonds. The number of rotatable bonds is 4. The van der Waals surface area contributed by atoms with Gasteiger partial charge in [-0.15, -0.1) is 0 Å². The molecule has 0 aromatic heterocycles. The van der Waals surface area contributed by atoms with Crippen LogP contribution in [0.3, 0.4) is 0 Å². The molecule has 3 atom stereocenters.